The van der Waals surface area contributed by atoms with E-state index in [2.05, 4.69) is 17.4 Å². The van der Waals surface area contributed by atoms with Gasteiger partial charge in [-0.25, -0.2) is 0 Å². The Labute approximate surface area is 128 Å². The van der Waals surface area contributed by atoms with E-state index in [1.54, 1.807) is 7.11 Å². The number of rotatable bonds is 3. The van der Waals surface area contributed by atoms with Crippen LogP contribution in [0.5, 0.6) is 5.75 Å². The lowest BCUT2D eigenvalue weighted by Crippen LogP contribution is -2.16. The van der Waals surface area contributed by atoms with E-state index in [-0.39, 0.29) is 0 Å². The number of hydrogen-bond donors (Lipinski definition) is 1. The predicted molar refractivity (Wildman–Crippen MR) is 84.4 cm³/mol. The molecule has 0 saturated heterocycles. The Balaban J connectivity index is 2.03. The number of methoxy groups -OCH3 is 1. The van der Waals surface area contributed by atoms with Crippen molar-refractivity contribution in [3.63, 3.8) is 0 Å². The van der Waals surface area contributed by atoms with Gasteiger partial charge < -0.3 is 14.6 Å². The first kappa shape index (κ1) is 14.4. The molecular weight excluding hydrogens is 282 g/mol. The third-order valence-electron chi connectivity index (χ3n) is 3.79. The summed E-state index contributed by atoms with van der Waals surface area (Å²) in [6.45, 7) is 1.95. The van der Waals surface area contributed by atoms with Crippen LogP contribution in [0.15, 0.2) is 52.3 Å². The minimum absolute atomic E-state index is 0.720. The van der Waals surface area contributed by atoms with Crippen LogP contribution in [0.2, 0.25) is 0 Å². The Kier molecular flexibility index (Phi) is 4.48. The summed E-state index contributed by atoms with van der Waals surface area (Å²) < 4.78 is 18.3. The molecule has 0 saturated carbocycles. The minimum atomic E-state index is -1.21. The summed E-state index contributed by atoms with van der Waals surface area (Å²) in [5.41, 5.74) is 2.57. The fraction of sp³-hybridized carbons (Fsp3) is 0.294. The van der Waals surface area contributed by atoms with Crippen molar-refractivity contribution in [3.05, 3.63) is 53.6 Å². The molecule has 0 amide bonds. The van der Waals surface area contributed by atoms with Gasteiger partial charge in [-0.1, -0.05) is 18.2 Å². The first-order valence-corrected chi connectivity index (χ1v) is 8.32. The first-order valence-electron chi connectivity index (χ1n) is 7.17. The van der Waals surface area contributed by atoms with E-state index >= 15 is 0 Å². The predicted octanol–water partition coefficient (Wildman–Crippen LogP) is 2.55. The fourth-order valence-corrected chi connectivity index (χ4v) is 3.89. The van der Waals surface area contributed by atoms with Crippen LogP contribution in [0.4, 0.5) is 0 Å². The van der Waals surface area contributed by atoms with Crippen LogP contribution in [0.25, 0.3) is 0 Å². The fourth-order valence-electron chi connectivity index (χ4n) is 2.66. The highest BCUT2D eigenvalue weighted by atomic mass is 32.2. The SMILES string of the molecule is COc1cc2c(cc1[S+]([O-])c1ccccc1)CCNCC2. The van der Waals surface area contributed by atoms with Gasteiger partial charge in [0.2, 0.25) is 4.90 Å². The van der Waals surface area contributed by atoms with E-state index in [0.29, 0.717) is 0 Å². The average Bonchev–Trinajstić information content (AvgIpc) is 2.78. The van der Waals surface area contributed by atoms with E-state index < -0.39 is 11.2 Å². The zero-order valence-electron chi connectivity index (χ0n) is 12.1. The van der Waals surface area contributed by atoms with Crippen molar-refractivity contribution in [2.45, 2.75) is 22.6 Å². The maximum absolute atomic E-state index is 12.8. The summed E-state index contributed by atoms with van der Waals surface area (Å²) in [5.74, 6) is 0.720. The molecule has 1 unspecified atom stereocenters. The van der Waals surface area contributed by atoms with Gasteiger partial charge in [0.1, 0.15) is 0 Å². The van der Waals surface area contributed by atoms with Crippen molar-refractivity contribution in [2.24, 2.45) is 0 Å². The lowest BCUT2D eigenvalue weighted by Gasteiger charge is -2.16. The zero-order chi connectivity index (χ0) is 14.7. The van der Waals surface area contributed by atoms with Crippen LogP contribution in [0, 0.1) is 0 Å². The van der Waals surface area contributed by atoms with E-state index in [0.717, 1.165) is 41.5 Å². The lowest BCUT2D eigenvalue weighted by molar-refractivity contribution is 0.402. The number of benzene rings is 2. The highest BCUT2D eigenvalue weighted by Gasteiger charge is 2.23. The molecule has 0 spiro atoms. The monoisotopic (exact) mass is 301 g/mol. The van der Waals surface area contributed by atoms with Crippen LogP contribution in [-0.4, -0.2) is 24.8 Å². The highest BCUT2D eigenvalue weighted by molar-refractivity contribution is 7.91. The zero-order valence-corrected chi connectivity index (χ0v) is 12.9. The maximum atomic E-state index is 12.8. The summed E-state index contributed by atoms with van der Waals surface area (Å²) in [4.78, 5) is 1.58. The smallest absolute Gasteiger partial charge is 0.200 e. The Hall–Kier alpha value is -1.49. The number of ether oxygens (including phenoxy) is 1. The standard InChI is InChI=1S/C17H19NO2S/c1-20-16-11-13-7-9-18-10-8-14(13)12-17(16)21(19)15-5-3-2-4-6-15/h2-6,11-12,18H,7-10H2,1H3. The van der Waals surface area contributed by atoms with Gasteiger partial charge in [0.25, 0.3) is 0 Å². The second-order valence-corrected chi connectivity index (χ2v) is 6.55. The van der Waals surface area contributed by atoms with E-state index in [1.165, 1.54) is 11.1 Å². The molecule has 0 bridgehead atoms. The Morgan fingerprint density at radius 3 is 2.38 bits per heavy atom. The molecule has 1 aliphatic heterocycles. The number of hydrogen-bond acceptors (Lipinski definition) is 3. The van der Waals surface area contributed by atoms with Gasteiger partial charge in [-0.05, 0) is 55.3 Å². The van der Waals surface area contributed by atoms with E-state index in [4.69, 9.17) is 4.74 Å². The Bertz CT molecular complexity index is 616. The summed E-state index contributed by atoms with van der Waals surface area (Å²) in [6.07, 6.45) is 1.96. The Morgan fingerprint density at radius 2 is 1.71 bits per heavy atom. The summed E-state index contributed by atoms with van der Waals surface area (Å²) in [7, 11) is 1.64. The molecule has 1 atom stereocenters. The van der Waals surface area contributed by atoms with Gasteiger partial charge in [0.15, 0.2) is 10.6 Å². The van der Waals surface area contributed by atoms with Crippen molar-refractivity contribution >= 4 is 11.2 Å². The number of fused-ring (bicyclic) bond motifs is 1. The molecular formula is C17H19NO2S. The molecule has 0 aliphatic carbocycles. The highest BCUT2D eigenvalue weighted by Crippen LogP contribution is 2.33. The van der Waals surface area contributed by atoms with Gasteiger partial charge in [-0.2, -0.15) is 0 Å². The third kappa shape index (κ3) is 3.07. The van der Waals surface area contributed by atoms with Crippen molar-refractivity contribution < 1.29 is 9.29 Å². The molecule has 1 aliphatic rings. The Morgan fingerprint density at radius 1 is 1.05 bits per heavy atom. The third-order valence-corrected chi connectivity index (χ3v) is 5.20. The molecule has 0 aromatic heterocycles. The molecule has 0 fully saturated rings. The number of nitrogens with one attached hydrogen (secondary N) is 1. The molecule has 0 radical (unpaired) electrons. The van der Waals surface area contributed by atoms with Gasteiger partial charge in [-0.15, -0.1) is 0 Å². The first-order chi connectivity index (χ1) is 10.3. The second-order valence-electron chi connectivity index (χ2n) is 5.10. The molecule has 1 heterocycles. The van der Waals surface area contributed by atoms with Crippen molar-refractivity contribution in [3.8, 4) is 5.75 Å². The molecule has 21 heavy (non-hydrogen) atoms. The van der Waals surface area contributed by atoms with Gasteiger partial charge in [-0.3, -0.25) is 0 Å². The van der Waals surface area contributed by atoms with Crippen molar-refractivity contribution in [1.82, 2.24) is 5.32 Å². The molecule has 2 aromatic carbocycles. The topological polar surface area (TPSA) is 44.3 Å². The van der Waals surface area contributed by atoms with Gasteiger partial charge in [0, 0.05) is 17.2 Å². The largest absolute Gasteiger partial charge is 0.606 e. The average molecular weight is 301 g/mol. The molecule has 3 rings (SSSR count). The minimum Gasteiger partial charge on any atom is -0.606 e. The molecule has 110 valence electrons. The molecule has 1 N–H and O–H groups in total. The summed E-state index contributed by atoms with van der Waals surface area (Å²) >= 11 is -1.21. The van der Waals surface area contributed by atoms with Crippen molar-refractivity contribution in [1.29, 1.82) is 0 Å². The van der Waals surface area contributed by atoms with Gasteiger partial charge in [0.05, 0.1) is 7.11 Å². The molecule has 2 aromatic rings. The van der Waals surface area contributed by atoms with Crippen LogP contribution >= 0.6 is 0 Å². The van der Waals surface area contributed by atoms with Crippen LogP contribution < -0.4 is 10.1 Å². The van der Waals surface area contributed by atoms with E-state index in [1.807, 2.05) is 30.3 Å². The maximum Gasteiger partial charge on any atom is 0.200 e. The lowest BCUT2D eigenvalue weighted by atomic mass is 10.0. The van der Waals surface area contributed by atoms with Crippen LogP contribution in [0.1, 0.15) is 11.1 Å². The van der Waals surface area contributed by atoms with E-state index in [9.17, 15) is 4.55 Å². The molecule has 3 nitrogen and oxygen atoms in total. The summed E-state index contributed by atoms with van der Waals surface area (Å²) in [6, 6.07) is 13.6. The normalized spacial score (nSPS) is 15.9. The molecule has 4 heteroatoms. The quantitative estimate of drug-likeness (QED) is 0.886. The second kappa shape index (κ2) is 6.52. The van der Waals surface area contributed by atoms with Crippen LogP contribution in [0.3, 0.4) is 0 Å². The van der Waals surface area contributed by atoms with Crippen LogP contribution in [-0.2, 0) is 24.0 Å². The van der Waals surface area contributed by atoms with Crippen molar-refractivity contribution in [2.75, 3.05) is 20.2 Å². The van der Waals surface area contributed by atoms with Gasteiger partial charge >= 0.3 is 0 Å². The summed E-state index contributed by atoms with van der Waals surface area (Å²) in [5, 5.41) is 3.40.